The number of halogens is 1. The highest BCUT2D eigenvalue weighted by Gasteiger charge is 2.38. The Hall–Kier alpha value is -2.57. The van der Waals surface area contributed by atoms with Crippen molar-refractivity contribution >= 4 is 51.7 Å². The monoisotopic (exact) mass is 413 g/mol. The molecule has 1 heterocycles. The summed E-state index contributed by atoms with van der Waals surface area (Å²) in [6.07, 6.45) is 1.71. The minimum absolute atomic E-state index is 0.0690. The van der Waals surface area contributed by atoms with Gasteiger partial charge in [-0.15, -0.1) is 6.58 Å². The number of anilines is 1. The number of amidine groups is 1. The van der Waals surface area contributed by atoms with Crippen LogP contribution in [-0.2, 0) is 9.59 Å². The number of benzene rings is 2. The summed E-state index contributed by atoms with van der Waals surface area (Å²) in [5.74, 6) is -0.359. The number of thioether (sulfide) groups is 1. The molecular weight excluding hydrogens is 394 g/mol. The third-order valence-electron chi connectivity index (χ3n) is 4.15. The molecule has 28 heavy (non-hydrogen) atoms. The Bertz CT molecular complexity index is 931. The van der Waals surface area contributed by atoms with Gasteiger partial charge in [-0.1, -0.05) is 53.7 Å². The van der Waals surface area contributed by atoms with Crippen LogP contribution in [0.3, 0.4) is 0 Å². The van der Waals surface area contributed by atoms with Crippen LogP contribution in [0.5, 0.6) is 0 Å². The third kappa shape index (κ3) is 4.82. The number of para-hydroxylation sites is 1. The summed E-state index contributed by atoms with van der Waals surface area (Å²) in [6.45, 7) is 5.98. The van der Waals surface area contributed by atoms with Gasteiger partial charge in [0.25, 0.3) is 0 Å². The van der Waals surface area contributed by atoms with Crippen molar-refractivity contribution in [2.45, 2.75) is 18.6 Å². The second-order valence-corrected chi connectivity index (χ2v) is 7.89. The van der Waals surface area contributed by atoms with Gasteiger partial charge in [0.1, 0.15) is 5.25 Å². The quantitative estimate of drug-likeness (QED) is 0.692. The molecule has 0 unspecified atom stereocenters. The summed E-state index contributed by atoms with van der Waals surface area (Å²) in [7, 11) is 0. The van der Waals surface area contributed by atoms with E-state index in [-0.39, 0.29) is 18.2 Å². The van der Waals surface area contributed by atoms with E-state index >= 15 is 0 Å². The summed E-state index contributed by atoms with van der Waals surface area (Å²) in [6, 6.07) is 14.6. The van der Waals surface area contributed by atoms with Crippen molar-refractivity contribution in [2.75, 3.05) is 11.9 Å². The van der Waals surface area contributed by atoms with Crippen molar-refractivity contribution in [2.24, 2.45) is 4.99 Å². The lowest BCUT2D eigenvalue weighted by molar-refractivity contribution is -0.127. The number of rotatable bonds is 6. The highest BCUT2D eigenvalue weighted by atomic mass is 35.5. The first-order chi connectivity index (χ1) is 13.5. The lowest BCUT2D eigenvalue weighted by Crippen LogP contribution is -2.33. The molecule has 7 heteroatoms. The van der Waals surface area contributed by atoms with Crippen molar-refractivity contribution in [3.63, 3.8) is 0 Å². The van der Waals surface area contributed by atoms with E-state index < -0.39 is 5.25 Å². The Morgan fingerprint density at radius 3 is 2.79 bits per heavy atom. The smallest absolute Gasteiger partial charge is 0.242 e. The Morgan fingerprint density at radius 1 is 1.32 bits per heavy atom. The number of aryl methyl sites for hydroxylation is 1. The number of nitrogens with one attached hydrogen (secondary N) is 1. The maximum absolute atomic E-state index is 12.8. The zero-order chi connectivity index (χ0) is 20.1. The molecule has 0 bridgehead atoms. The molecule has 0 aliphatic carbocycles. The molecule has 0 saturated carbocycles. The van der Waals surface area contributed by atoms with E-state index in [1.165, 1.54) is 11.8 Å². The van der Waals surface area contributed by atoms with Crippen LogP contribution in [0.4, 0.5) is 11.4 Å². The van der Waals surface area contributed by atoms with Gasteiger partial charge in [0, 0.05) is 23.7 Å². The lowest BCUT2D eigenvalue weighted by atomic mass is 10.2. The van der Waals surface area contributed by atoms with Gasteiger partial charge in [-0.3, -0.25) is 14.5 Å². The molecule has 5 nitrogen and oxygen atoms in total. The Kier molecular flexibility index (Phi) is 6.54. The number of aliphatic imine (C=N–C) groups is 1. The maximum atomic E-state index is 12.8. The standard InChI is InChI=1S/C21H20ClN3O2S/c1-3-11-25-20(27)18(13-19(26)23-16-7-5-4-6-8-16)28-21(25)24-17-12-15(22)10-9-14(17)2/h3-10,12,18H,1,11,13H2,2H3,(H,23,26)/t18-/m1/s1. The Morgan fingerprint density at radius 2 is 2.07 bits per heavy atom. The first kappa shape index (κ1) is 20.2. The van der Waals surface area contributed by atoms with E-state index in [2.05, 4.69) is 16.9 Å². The topological polar surface area (TPSA) is 61.8 Å². The molecular formula is C21H20ClN3O2S. The first-order valence-corrected chi connectivity index (χ1v) is 10.0. The van der Waals surface area contributed by atoms with Crippen molar-refractivity contribution < 1.29 is 9.59 Å². The minimum Gasteiger partial charge on any atom is -0.326 e. The molecule has 0 spiro atoms. The summed E-state index contributed by atoms with van der Waals surface area (Å²) in [5, 5.41) is 3.42. The average molecular weight is 414 g/mol. The minimum atomic E-state index is -0.526. The molecule has 1 aliphatic rings. The molecule has 0 aromatic heterocycles. The van der Waals surface area contributed by atoms with E-state index in [9.17, 15) is 9.59 Å². The number of carbonyl (C=O) groups is 2. The maximum Gasteiger partial charge on any atom is 0.242 e. The Labute approximate surface area is 173 Å². The van der Waals surface area contributed by atoms with E-state index in [1.54, 1.807) is 35.2 Å². The van der Waals surface area contributed by atoms with Crippen LogP contribution >= 0.6 is 23.4 Å². The highest BCUT2D eigenvalue weighted by molar-refractivity contribution is 8.15. The van der Waals surface area contributed by atoms with Crippen LogP contribution in [0, 0.1) is 6.92 Å². The van der Waals surface area contributed by atoms with Crippen LogP contribution in [0.2, 0.25) is 5.02 Å². The first-order valence-electron chi connectivity index (χ1n) is 8.76. The summed E-state index contributed by atoms with van der Waals surface area (Å²) in [4.78, 5) is 31.4. The van der Waals surface area contributed by atoms with Gasteiger partial charge in [-0.2, -0.15) is 0 Å². The molecule has 2 amide bonds. The molecule has 144 valence electrons. The van der Waals surface area contributed by atoms with E-state index in [0.717, 1.165) is 5.56 Å². The SMILES string of the molecule is C=CCN1C(=O)[C@@H](CC(=O)Nc2ccccc2)SC1=Nc1cc(Cl)ccc1C. The van der Waals surface area contributed by atoms with Crippen molar-refractivity contribution in [1.29, 1.82) is 0 Å². The fraction of sp³-hybridized carbons (Fsp3) is 0.190. The van der Waals surface area contributed by atoms with Crippen molar-refractivity contribution in [1.82, 2.24) is 4.90 Å². The number of hydrogen-bond acceptors (Lipinski definition) is 4. The van der Waals surface area contributed by atoms with Gasteiger partial charge in [-0.25, -0.2) is 4.99 Å². The molecule has 0 radical (unpaired) electrons. The molecule has 1 fully saturated rings. The molecule has 2 aromatic rings. The zero-order valence-corrected chi connectivity index (χ0v) is 17.0. The third-order valence-corrected chi connectivity index (χ3v) is 5.56. The van der Waals surface area contributed by atoms with Crippen LogP contribution in [0.1, 0.15) is 12.0 Å². The number of amides is 2. The molecule has 1 saturated heterocycles. The van der Waals surface area contributed by atoms with Gasteiger partial charge in [0.2, 0.25) is 11.8 Å². The van der Waals surface area contributed by atoms with Crippen LogP contribution in [0.25, 0.3) is 0 Å². The fourth-order valence-electron chi connectivity index (χ4n) is 2.73. The van der Waals surface area contributed by atoms with Gasteiger partial charge >= 0.3 is 0 Å². The van der Waals surface area contributed by atoms with Crippen LogP contribution < -0.4 is 5.32 Å². The number of carbonyl (C=O) groups excluding carboxylic acids is 2. The van der Waals surface area contributed by atoms with Crippen LogP contribution in [0.15, 0.2) is 66.2 Å². The lowest BCUT2D eigenvalue weighted by Gasteiger charge is -2.14. The molecule has 1 atom stereocenters. The van der Waals surface area contributed by atoms with Gasteiger partial charge in [0.15, 0.2) is 5.17 Å². The second-order valence-electron chi connectivity index (χ2n) is 6.29. The van der Waals surface area contributed by atoms with Gasteiger partial charge < -0.3 is 5.32 Å². The Balaban J connectivity index is 1.78. The van der Waals surface area contributed by atoms with Gasteiger partial charge in [-0.05, 0) is 36.8 Å². The van der Waals surface area contributed by atoms with E-state index in [1.807, 2.05) is 31.2 Å². The second kappa shape index (κ2) is 9.08. The summed E-state index contributed by atoms with van der Waals surface area (Å²) < 4.78 is 0. The molecule has 2 aromatic carbocycles. The largest absolute Gasteiger partial charge is 0.326 e. The number of hydrogen-bond donors (Lipinski definition) is 1. The van der Waals surface area contributed by atoms with E-state index in [4.69, 9.17) is 11.6 Å². The predicted molar refractivity (Wildman–Crippen MR) is 116 cm³/mol. The normalized spacial score (nSPS) is 17.8. The van der Waals surface area contributed by atoms with Crippen molar-refractivity contribution in [3.05, 3.63) is 71.8 Å². The van der Waals surface area contributed by atoms with Crippen LogP contribution in [-0.4, -0.2) is 33.7 Å². The van der Waals surface area contributed by atoms with Crippen molar-refractivity contribution in [3.8, 4) is 0 Å². The fourth-order valence-corrected chi connectivity index (χ4v) is 4.06. The molecule has 1 N–H and O–H groups in total. The zero-order valence-electron chi connectivity index (χ0n) is 15.4. The number of nitrogens with zero attached hydrogens (tertiary/aromatic N) is 2. The highest BCUT2D eigenvalue weighted by Crippen LogP contribution is 2.33. The molecule has 3 rings (SSSR count). The van der Waals surface area contributed by atoms with Gasteiger partial charge in [0.05, 0.1) is 5.69 Å². The summed E-state index contributed by atoms with van der Waals surface area (Å²) >= 11 is 7.37. The summed E-state index contributed by atoms with van der Waals surface area (Å²) in [5.41, 5.74) is 2.36. The van der Waals surface area contributed by atoms with E-state index in [0.29, 0.717) is 28.1 Å². The predicted octanol–water partition coefficient (Wildman–Crippen LogP) is 4.79. The molecule has 1 aliphatic heterocycles. The average Bonchev–Trinajstić information content (AvgIpc) is 2.94.